The Hall–Kier alpha value is -0.770. The highest BCUT2D eigenvalue weighted by Gasteiger charge is 2.19. The fourth-order valence-electron chi connectivity index (χ4n) is 2.53. The van der Waals surface area contributed by atoms with Gasteiger partial charge in [-0.25, -0.2) is 0 Å². The number of hydrogen-bond donors (Lipinski definition) is 2. The topological polar surface area (TPSA) is 41.5 Å². The number of halogens is 1. The molecule has 0 fully saturated rings. The molecule has 2 N–H and O–H groups in total. The van der Waals surface area contributed by atoms with E-state index in [9.17, 15) is 0 Å². The van der Waals surface area contributed by atoms with Gasteiger partial charge in [-0.15, -0.1) is 0 Å². The average Bonchev–Trinajstić information content (AvgIpc) is 2.81. The van der Waals surface area contributed by atoms with Crippen molar-refractivity contribution in [1.29, 1.82) is 0 Å². The van der Waals surface area contributed by atoms with Gasteiger partial charge in [0, 0.05) is 36.2 Å². The molecule has 0 amide bonds. The summed E-state index contributed by atoms with van der Waals surface area (Å²) >= 11 is 6.14. The Balaban J connectivity index is 2.07. The van der Waals surface area contributed by atoms with E-state index in [2.05, 4.69) is 19.2 Å². The maximum atomic E-state index is 9.10. The summed E-state index contributed by atoms with van der Waals surface area (Å²) in [5.41, 5.74) is 2.32. The fourth-order valence-corrected chi connectivity index (χ4v) is 2.79. The molecule has 3 nitrogen and oxygen atoms in total. The molecule has 1 unspecified atom stereocenters. The maximum absolute atomic E-state index is 9.10. The summed E-state index contributed by atoms with van der Waals surface area (Å²) in [6.07, 6.45) is 1.70. The minimum Gasteiger partial charge on any atom is -0.493 e. The first-order chi connectivity index (χ1) is 9.11. The van der Waals surface area contributed by atoms with Crippen LogP contribution in [-0.4, -0.2) is 24.4 Å². The lowest BCUT2D eigenvalue weighted by Crippen LogP contribution is -2.34. The van der Waals surface area contributed by atoms with Crippen LogP contribution < -0.4 is 10.1 Å². The quantitative estimate of drug-likeness (QED) is 0.843. The number of rotatable bonds is 6. The third-order valence-corrected chi connectivity index (χ3v) is 3.84. The van der Waals surface area contributed by atoms with Gasteiger partial charge in [-0.1, -0.05) is 25.4 Å². The van der Waals surface area contributed by atoms with E-state index in [0.29, 0.717) is 12.0 Å². The summed E-state index contributed by atoms with van der Waals surface area (Å²) < 4.78 is 5.69. The summed E-state index contributed by atoms with van der Waals surface area (Å²) in [6.45, 7) is 6.00. The Labute approximate surface area is 119 Å². The van der Waals surface area contributed by atoms with Crippen molar-refractivity contribution in [2.75, 3.05) is 13.2 Å². The fraction of sp³-hybridized carbons (Fsp3) is 0.600. The highest BCUT2D eigenvalue weighted by molar-refractivity contribution is 6.30. The zero-order chi connectivity index (χ0) is 13.8. The molecule has 0 spiro atoms. The van der Waals surface area contributed by atoms with Crippen LogP contribution in [0.5, 0.6) is 5.75 Å². The molecular weight excluding hydrogens is 262 g/mol. The van der Waals surface area contributed by atoms with Gasteiger partial charge in [0.2, 0.25) is 0 Å². The Kier molecular flexibility index (Phi) is 5.08. The molecule has 1 aliphatic heterocycles. The van der Waals surface area contributed by atoms with Crippen LogP contribution in [0.1, 0.15) is 31.4 Å². The molecule has 0 bridgehead atoms. The lowest BCUT2D eigenvalue weighted by Gasteiger charge is -2.22. The van der Waals surface area contributed by atoms with Crippen molar-refractivity contribution in [3.05, 3.63) is 28.3 Å². The normalized spacial score (nSPS) is 15.4. The maximum Gasteiger partial charge on any atom is 0.127 e. The van der Waals surface area contributed by atoms with E-state index in [-0.39, 0.29) is 6.61 Å². The summed E-state index contributed by atoms with van der Waals surface area (Å²) in [4.78, 5) is 0. The van der Waals surface area contributed by atoms with E-state index in [0.717, 1.165) is 42.3 Å². The van der Waals surface area contributed by atoms with E-state index in [1.54, 1.807) is 0 Å². The second kappa shape index (κ2) is 6.60. The molecule has 0 aliphatic carbocycles. The molecule has 1 aromatic carbocycles. The molecule has 1 heterocycles. The SMILES string of the molecule is CC(C)C(CCO)NCc1cc(Cl)cc2c1OCC2. The Morgan fingerprint density at radius 2 is 2.21 bits per heavy atom. The van der Waals surface area contributed by atoms with Gasteiger partial charge in [0.25, 0.3) is 0 Å². The van der Waals surface area contributed by atoms with Gasteiger partial charge >= 0.3 is 0 Å². The van der Waals surface area contributed by atoms with Crippen molar-refractivity contribution < 1.29 is 9.84 Å². The molecule has 4 heteroatoms. The van der Waals surface area contributed by atoms with E-state index in [1.807, 2.05) is 12.1 Å². The van der Waals surface area contributed by atoms with Gasteiger partial charge in [0.05, 0.1) is 6.61 Å². The van der Waals surface area contributed by atoms with E-state index in [1.165, 1.54) is 5.56 Å². The molecule has 0 saturated carbocycles. The number of benzene rings is 1. The van der Waals surface area contributed by atoms with Gasteiger partial charge in [-0.2, -0.15) is 0 Å². The summed E-state index contributed by atoms with van der Waals surface area (Å²) in [6, 6.07) is 4.26. The highest BCUT2D eigenvalue weighted by atomic mass is 35.5. The predicted molar refractivity (Wildman–Crippen MR) is 77.8 cm³/mol. The molecule has 0 aromatic heterocycles. The number of hydrogen-bond acceptors (Lipinski definition) is 3. The molecule has 0 saturated heterocycles. The number of aliphatic hydroxyl groups excluding tert-OH is 1. The lowest BCUT2D eigenvalue weighted by atomic mass is 10.0. The molecule has 1 aromatic rings. The van der Waals surface area contributed by atoms with Crippen LogP contribution in [0, 0.1) is 5.92 Å². The molecule has 19 heavy (non-hydrogen) atoms. The second-order valence-corrected chi connectivity index (χ2v) is 5.83. The summed E-state index contributed by atoms with van der Waals surface area (Å²) in [5.74, 6) is 1.48. The average molecular weight is 284 g/mol. The van der Waals surface area contributed by atoms with Crippen molar-refractivity contribution in [2.24, 2.45) is 5.92 Å². The van der Waals surface area contributed by atoms with Gasteiger partial charge in [0.1, 0.15) is 5.75 Å². The minimum absolute atomic E-state index is 0.208. The number of aliphatic hydroxyl groups is 1. The van der Waals surface area contributed by atoms with Crippen LogP contribution in [0.15, 0.2) is 12.1 Å². The monoisotopic (exact) mass is 283 g/mol. The highest BCUT2D eigenvalue weighted by Crippen LogP contribution is 2.32. The smallest absolute Gasteiger partial charge is 0.127 e. The molecule has 1 aliphatic rings. The third kappa shape index (κ3) is 3.62. The second-order valence-electron chi connectivity index (χ2n) is 5.40. The Bertz CT molecular complexity index is 434. The summed E-state index contributed by atoms with van der Waals surface area (Å²) in [7, 11) is 0. The van der Waals surface area contributed by atoms with Crippen molar-refractivity contribution in [3.63, 3.8) is 0 Å². The Morgan fingerprint density at radius 3 is 2.89 bits per heavy atom. The van der Waals surface area contributed by atoms with Gasteiger partial charge in [0.15, 0.2) is 0 Å². The molecular formula is C15H22ClNO2. The number of fused-ring (bicyclic) bond motifs is 1. The minimum atomic E-state index is 0.208. The van der Waals surface area contributed by atoms with Crippen LogP contribution in [0.25, 0.3) is 0 Å². The van der Waals surface area contributed by atoms with E-state index in [4.69, 9.17) is 21.4 Å². The molecule has 1 atom stereocenters. The van der Waals surface area contributed by atoms with Crippen LogP contribution in [0.3, 0.4) is 0 Å². The van der Waals surface area contributed by atoms with Gasteiger partial charge in [-0.3, -0.25) is 0 Å². The predicted octanol–water partition coefficient (Wildman–Crippen LogP) is 2.77. The summed E-state index contributed by atoms with van der Waals surface area (Å²) in [5, 5.41) is 13.4. The third-order valence-electron chi connectivity index (χ3n) is 3.62. The van der Waals surface area contributed by atoms with Crippen LogP contribution in [-0.2, 0) is 13.0 Å². The van der Waals surface area contributed by atoms with Crippen molar-refractivity contribution in [2.45, 2.75) is 39.3 Å². The first-order valence-electron chi connectivity index (χ1n) is 6.90. The number of nitrogens with one attached hydrogen (secondary N) is 1. The largest absolute Gasteiger partial charge is 0.493 e. The van der Waals surface area contributed by atoms with Crippen LogP contribution >= 0.6 is 11.6 Å². The van der Waals surface area contributed by atoms with E-state index >= 15 is 0 Å². The zero-order valence-corrected chi connectivity index (χ0v) is 12.3. The zero-order valence-electron chi connectivity index (χ0n) is 11.6. The first-order valence-corrected chi connectivity index (χ1v) is 7.28. The van der Waals surface area contributed by atoms with Crippen LogP contribution in [0.4, 0.5) is 0 Å². The van der Waals surface area contributed by atoms with Gasteiger partial charge < -0.3 is 15.2 Å². The molecule has 106 valence electrons. The van der Waals surface area contributed by atoms with Crippen molar-refractivity contribution in [3.8, 4) is 5.75 Å². The lowest BCUT2D eigenvalue weighted by molar-refractivity contribution is 0.243. The van der Waals surface area contributed by atoms with Crippen molar-refractivity contribution >= 4 is 11.6 Å². The Morgan fingerprint density at radius 1 is 1.42 bits per heavy atom. The van der Waals surface area contributed by atoms with Crippen LogP contribution in [0.2, 0.25) is 5.02 Å². The molecule has 2 rings (SSSR count). The van der Waals surface area contributed by atoms with E-state index < -0.39 is 0 Å². The standard InChI is InChI=1S/C15H22ClNO2/c1-10(2)14(3-5-18)17-9-12-8-13(16)7-11-4-6-19-15(11)12/h7-8,10,14,17-18H,3-6,9H2,1-2H3. The molecule has 0 radical (unpaired) electrons. The van der Waals surface area contributed by atoms with Gasteiger partial charge in [-0.05, 0) is 30.0 Å². The first kappa shape index (κ1) is 14.6. The number of ether oxygens (including phenoxy) is 1. The van der Waals surface area contributed by atoms with Crippen molar-refractivity contribution in [1.82, 2.24) is 5.32 Å².